The summed E-state index contributed by atoms with van der Waals surface area (Å²) in [6, 6.07) is 9.64. The van der Waals surface area contributed by atoms with Crippen LogP contribution in [0.25, 0.3) is 0 Å². The molecular formula is C13H13NO2. The molecule has 0 aromatic heterocycles. The Kier molecular flexibility index (Phi) is 2.86. The van der Waals surface area contributed by atoms with E-state index in [0.717, 1.165) is 5.56 Å². The second-order valence-corrected chi connectivity index (χ2v) is 3.89. The first kappa shape index (κ1) is 10.6. The van der Waals surface area contributed by atoms with Gasteiger partial charge >= 0.3 is 0 Å². The maximum absolute atomic E-state index is 11.5. The van der Waals surface area contributed by atoms with E-state index in [1.54, 1.807) is 0 Å². The molecule has 3 nitrogen and oxygen atoms in total. The Morgan fingerprint density at radius 3 is 2.62 bits per heavy atom. The highest BCUT2D eigenvalue weighted by atomic mass is 16.1. The van der Waals surface area contributed by atoms with E-state index in [4.69, 9.17) is 0 Å². The Hall–Kier alpha value is -1.90. The lowest BCUT2D eigenvalue weighted by molar-refractivity contribution is -0.121. The van der Waals surface area contributed by atoms with Crippen LogP contribution >= 0.6 is 0 Å². The summed E-state index contributed by atoms with van der Waals surface area (Å²) < 4.78 is 0. The van der Waals surface area contributed by atoms with Crippen molar-refractivity contribution in [2.45, 2.75) is 19.3 Å². The molecule has 0 fully saturated rings. The molecule has 0 radical (unpaired) electrons. The van der Waals surface area contributed by atoms with E-state index in [9.17, 15) is 9.59 Å². The number of hydrogen-bond donors (Lipinski definition) is 1. The smallest absolute Gasteiger partial charge is 0.224 e. The van der Waals surface area contributed by atoms with Crippen LogP contribution in [0.4, 0.5) is 0 Å². The highest BCUT2D eigenvalue weighted by molar-refractivity contribution is 5.97. The number of rotatable bonds is 2. The number of ketones is 1. The summed E-state index contributed by atoms with van der Waals surface area (Å²) in [5.74, 6) is -0.139. The largest absolute Gasteiger partial charge is 0.332 e. The SMILES string of the molecule is CC(=O)C1=CNC(=O)C[C@@H]1c1ccccc1. The van der Waals surface area contributed by atoms with Gasteiger partial charge in [-0.05, 0) is 12.5 Å². The summed E-state index contributed by atoms with van der Waals surface area (Å²) in [5.41, 5.74) is 1.68. The molecule has 1 aromatic carbocycles. The first-order valence-electron chi connectivity index (χ1n) is 5.24. The van der Waals surface area contributed by atoms with Gasteiger partial charge in [-0.1, -0.05) is 30.3 Å². The zero-order chi connectivity index (χ0) is 11.5. The third-order valence-corrected chi connectivity index (χ3v) is 2.76. The minimum atomic E-state index is -0.104. The Labute approximate surface area is 94.2 Å². The van der Waals surface area contributed by atoms with Gasteiger partial charge in [-0.15, -0.1) is 0 Å². The highest BCUT2D eigenvalue weighted by Crippen LogP contribution is 2.30. The van der Waals surface area contributed by atoms with Crippen LogP contribution in [0, 0.1) is 0 Å². The second kappa shape index (κ2) is 4.31. The molecule has 16 heavy (non-hydrogen) atoms. The summed E-state index contributed by atoms with van der Waals surface area (Å²) in [7, 11) is 0. The van der Waals surface area contributed by atoms with Crippen molar-refractivity contribution in [2.75, 3.05) is 0 Å². The zero-order valence-electron chi connectivity index (χ0n) is 9.07. The van der Waals surface area contributed by atoms with Crippen molar-refractivity contribution >= 4 is 11.7 Å². The van der Waals surface area contributed by atoms with Gasteiger partial charge in [0.15, 0.2) is 5.78 Å². The quantitative estimate of drug-likeness (QED) is 0.817. The molecule has 2 rings (SSSR count). The Balaban J connectivity index is 2.38. The Morgan fingerprint density at radius 1 is 1.31 bits per heavy atom. The number of amides is 1. The van der Waals surface area contributed by atoms with E-state index < -0.39 is 0 Å². The lowest BCUT2D eigenvalue weighted by Crippen LogP contribution is -2.29. The van der Waals surface area contributed by atoms with Crippen molar-refractivity contribution in [2.24, 2.45) is 0 Å². The average molecular weight is 215 g/mol. The fourth-order valence-corrected chi connectivity index (χ4v) is 1.94. The lowest BCUT2D eigenvalue weighted by atomic mass is 9.85. The van der Waals surface area contributed by atoms with Crippen molar-refractivity contribution in [3.63, 3.8) is 0 Å². The molecule has 0 aliphatic carbocycles. The summed E-state index contributed by atoms with van der Waals surface area (Å²) in [5, 5.41) is 2.59. The fraction of sp³-hybridized carbons (Fsp3) is 0.231. The zero-order valence-corrected chi connectivity index (χ0v) is 9.07. The van der Waals surface area contributed by atoms with Crippen LogP contribution in [0.5, 0.6) is 0 Å². The molecule has 1 atom stereocenters. The van der Waals surface area contributed by atoms with E-state index in [0.29, 0.717) is 12.0 Å². The van der Waals surface area contributed by atoms with E-state index in [-0.39, 0.29) is 17.6 Å². The van der Waals surface area contributed by atoms with Gasteiger partial charge in [-0.3, -0.25) is 9.59 Å². The van der Waals surface area contributed by atoms with Crippen LogP contribution < -0.4 is 5.32 Å². The molecule has 1 heterocycles. The molecule has 0 spiro atoms. The number of Topliss-reactive ketones (excluding diaryl/α,β-unsaturated/α-hetero) is 1. The van der Waals surface area contributed by atoms with Crippen LogP contribution in [0.15, 0.2) is 42.1 Å². The summed E-state index contributed by atoms with van der Waals surface area (Å²) in [6.07, 6.45) is 1.88. The lowest BCUT2D eigenvalue weighted by Gasteiger charge is -2.22. The molecule has 1 aliphatic rings. The van der Waals surface area contributed by atoms with Gasteiger partial charge in [-0.2, -0.15) is 0 Å². The number of nitrogens with one attached hydrogen (secondary N) is 1. The summed E-state index contributed by atoms with van der Waals surface area (Å²) in [6.45, 7) is 1.53. The van der Waals surface area contributed by atoms with E-state index in [1.165, 1.54) is 13.1 Å². The minimum Gasteiger partial charge on any atom is -0.332 e. The van der Waals surface area contributed by atoms with Crippen LogP contribution in [0.3, 0.4) is 0 Å². The Morgan fingerprint density at radius 2 is 2.00 bits per heavy atom. The minimum absolute atomic E-state index is 0.00820. The molecule has 82 valence electrons. The van der Waals surface area contributed by atoms with Crippen molar-refractivity contribution < 1.29 is 9.59 Å². The van der Waals surface area contributed by atoms with Gasteiger partial charge in [0.05, 0.1) is 0 Å². The van der Waals surface area contributed by atoms with E-state index >= 15 is 0 Å². The van der Waals surface area contributed by atoms with Gasteiger partial charge in [0.1, 0.15) is 0 Å². The number of hydrogen-bond acceptors (Lipinski definition) is 2. The maximum atomic E-state index is 11.5. The maximum Gasteiger partial charge on any atom is 0.224 e. The molecular weight excluding hydrogens is 202 g/mol. The average Bonchev–Trinajstić information content (AvgIpc) is 2.29. The normalized spacial score (nSPS) is 19.9. The summed E-state index contributed by atoms with van der Waals surface area (Å²) in [4.78, 5) is 22.8. The number of benzene rings is 1. The van der Waals surface area contributed by atoms with Gasteiger partial charge in [-0.25, -0.2) is 0 Å². The van der Waals surface area contributed by atoms with Crippen LogP contribution in [-0.4, -0.2) is 11.7 Å². The second-order valence-electron chi connectivity index (χ2n) is 3.89. The monoisotopic (exact) mass is 215 g/mol. The molecule has 0 bridgehead atoms. The number of carbonyl (C=O) groups excluding carboxylic acids is 2. The van der Waals surface area contributed by atoms with Gasteiger partial charge in [0.25, 0.3) is 0 Å². The van der Waals surface area contributed by atoms with Crippen molar-refractivity contribution in [1.29, 1.82) is 0 Å². The van der Waals surface area contributed by atoms with E-state index in [2.05, 4.69) is 5.32 Å². The molecule has 0 saturated heterocycles. The molecule has 1 N–H and O–H groups in total. The van der Waals surface area contributed by atoms with Crippen molar-refractivity contribution in [3.05, 3.63) is 47.7 Å². The van der Waals surface area contributed by atoms with Gasteiger partial charge < -0.3 is 5.32 Å². The third-order valence-electron chi connectivity index (χ3n) is 2.76. The van der Waals surface area contributed by atoms with Gasteiger partial charge in [0.2, 0.25) is 5.91 Å². The molecule has 1 amide bonds. The van der Waals surface area contributed by atoms with Crippen molar-refractivity contribution in [3.8, 4) is 0 Å². The third kappa shape index (κ3) is 2.03. The summed E-state index contributed by atoms with van der Waals surface area (Å²) >= 11 is 0. The number of carbonyl (C=O) groups is 2. The molecule has 3 heteroatoms. The van der Waals surface area contributed by atoms with Gasteiger partial charge in [0, 0.05) is 24.1 Å². The standard InChI is InChI=1S/C13H13NO2/c1-9(15)12-8-14-13(16)7-11(12)10-5-3-2-4-6-10/h2-6,8,11H,7H2,1H3,(H,14,16)/t11-/m1/s1. The topological polar surface area (TPSA) is 46.2 Å². The van der Waals surface area contributed by atoms with Crippen LogP contribution in [-0.2, 0) is 9.59 Å². The first-order valence-corrected chi connectivity index (χ1v) is 5.24. The fourth-order valence-electron chi connectivity index (χ4n) is 1.94. The van der Waals surface area contributed by atoms with Crippen LogP contribution in [0.1, 0.15) is 24.8 Å². The van der Waals surface area contributed by atoms with Crippen molar-refractivity contribution in [1.82, 2.24) is 5.32 Å². The molecule has 1 aromatic rings. The van der Waals surface area contributed by atoms with E-state index in [1.807, 2.05) is 30.3 Å². The number of allylic oxidation sites excluding steroid dienone is 1. The molecule has 1 aliphatic heterocycles. The predicted molar refractivity (Wildman–Crippen MR) is 60.7 cm³/mol. The Bertz CT molecular complexity index is 448. The predicted octanol–water partition coefficient (Wildman–Crippen LogP) is 1.76. The molecule has 0 unspecified atom stereocenters. The molecule has 0 saturated carbocycles. The first-order chi connectivity index (χ1) is 7.68. The van der Waals surface area contributed by atoms with Crippen LogP contribution in [0.2, 0.25) is 0 Å². The highest BCUT2D eigenvalue weighted by Gasteiger charge is 2.26.